The van der Waals surface area contributed by atoms with Crippen LogP contribution in [0.5, 0.6) is 0 Å². The smallest absolute Gasteiger partial charge is 0.315 e. The molecule has 0 saturated heterocycles. The molecule has 5 nitrogen and oxygen atoms in total. The van der Waals surface area contributed by atoms with Crippen LogP contribution in [-0.4, -0.2) is 43.0 Å². The van der Waals surface area contributed by atoms with Crippen molar-refractivity contribution >= 4 is 11.9 Å². The third kappa shape index (κ3) is 8.46. The number of carbonyl (C=O) groups is 2. The van der Waals surface area contributed by atoms with Crippen molar-refractivity contribution in [3.63, 3.8) is 0 Å². The Morgan fingerprint density at radius 1 is 1.05 bits per heavy atom. The van der Waals surface area contributed by atoms with Crippen molar-refractivity contribution in [2.75, 3.05) is 14.1 Å². The van der Waals surface area contributed by atoms with E-state index in [1.165, 1.54) is 24.2 Å². The third-order valence-corrected chi connectivity index (χ3v) is 3.03. The summed E-state index contributed by atoms with van der Waals surface area (Å²) in [6, 6.07) is -0.633. The summed E-state index contributed by atoms with van der Waals surface area (Å²) in [6.45, 7) is 5.86. The fourth-order valence-electron chi connectivity index (χ4n) is 1.86. The molecule has 112 valence electrons. The van der Waals surface area contributed by atoms with Crippen LogP contribution in [0.3, 0.4) is 0 Å². The van der Waals surface area contributed by atoms with E-state index in [-0.39, 0.29) is 18.0 Å². The highest BCUT2D eigenvalue weighted by molar-refractivity contribution is 5.86. The van der Waals surface area contributed by atoms with E-state index in [0.29, 0.717) is 0 Å². The summed E-state index contributed by atoms with van der Waals surface area (Å²) in [6.07, 6.45) is 5.77. The van der Waals surface area contributed by atoms with Crippen LogP contribution in [0, 0.1) is 0 Å². The minimum Gasteiger partial charge on any atom is -0.347 e. The van der Waals surface area contributed by atoms with Gasteiger partial charge in [-0.3, -0.25) is 4.79 Å². The lowest BCUT2D eigenvalue weighted by Gasteiger charge is -2.20. The van der Waals surface area contributed by atoms with Gasteiger partial charge in [0.1, 0.15) is 6.04 Å². The van der Waals surface area contributed by atoms with Crippen molar-refractivity contribution < 1.29 is 9.59 Å². The largest absolute Gasteiger partial charge is 0.347 e. The van der Waals surface area contributed by atoms with Gasteiger partial charge in [-0.15, -0.1) is 0 Å². The first kappa shape index (κ1) is 17.7. The lowest BCUT2D eigenvalue weighted by atomic mass is 10.1. The first-order valence-electron chi connectivity index (χ1n) is 7.16. The first-order chi connectivity index (χ1) is 8.88. The number of nitrogens with one attached hydrogen (secondary N) is 2. The summed E-state index contributed by atoms with van der Waals surface area (Å²) in [7, 11) is 3.35. The second-order valence-corrected chi connectivity index (χ2v) is 5.32. The van der Waals surface area contributed by atoms with Gasteiger partial charge < -0.3 is 15.5 Å². The number of hydrogen-bond acceptors (Lipinski definition) is 2. The molecule has 19 heavy (non-hydrogen) atoms. The van der Waals surface area contributed by atoms with E-state index in [0.717, 1.165) is 12.8 Å². The summed E-state index contributed by atoms with van der Waals surface area (Å²) in [4.78, 5) is 24.7. The van der Waals surface area contributed by atoms with E-state index >= 15 is 0 Å². The third-order valence-electron chi connectivity index (χ3n) is 3.03. The number of nitrogens with zero attached hydrogens (tertiary/aromatic N) is 1. The molecule has 0 unspecified atom stereocenters. The van der Waals surface area contributed by atoms with Gasteiger partial charge in [-0.2, -0.15) is 0 Å². The van der Waals surface area contributed by atoms with E-state index < -0.39 is 6.04 Å². The summed E-state index contributed by atoms with van der Waals surface area (Å²) >= 11 is 0. The maximum absolute atomic E-state index is 11.7. The molecule has 0 aromatic carbocycles. The van der Waals surface area contributed by atoms with Gasteiger partial charge in [-0.25, -0.2) is 4.79 Å². The Hall–Kier alpha value is -1.26. The van der Waals surface area contributed by atoms with Crippen LogP contribution in [0.1, 0.15) is 52.9 Å². The Balaban J connectivity index is 3.87. The monoisotopic (exact) mass is 271 g/mol. The second kappa shape index (κ2) is 9.64. The average Bonchev–Trinajstić information content (AvgIpc) is 2.33. The van der Waals surface area contributed by atoms with E-state index in [9.17, 15) is 9.59 Å². The van der Waals surface area contributed by atoms with Crippen LogP contribution < -0.4 is 10.6 Å². The molecule has 3 amide bonds. The maximum atomic E-state index is 11.7. The highest BCUT2D eigenvalue weighted by Crippen LogP contribution is 2.05. The molecule has 0 aliphatic heterocycles. The number of hydrogen-bond donors (Lipinski definition) is 2. The normalized spacial score (nSPS) is 13.5. The van der Waals surface area contributed by atoms with Gasteiger partial charge >= 0.3 is 6.03 Å². The highest BCUT2D eigenvalue weighted by Gasteiger charge is 2.17. The van der Waals surface area contributed by atoms with Gasteiger partial charge in [0.15, 0.2) is 0 Å². The Morgan fingerprint density at radius 3 is 2.21 bits per heavy atom. The minimum atomic E-state index is -0.498. The second-order valence-electron chi connectivity index (χ2n) is 5.32. The fourth-order valence-corrected chi connectivity index (χ4v) is 1.86. The van der Waals surface area contributed by atoms with E-state index in [2.05, 4.69) is 17.6 Å². The molecular weight excluding hydrogens is 242 g/mol. The van der Waals surface area contributed by atoms with Gasteiger partial charge in [0.2, 0.25) is 5.91 Å². The Labute approximate surface area is 117 Å². The summed E-state index contributed by atoms with van der Waals surface area (Å²) in [5.74, 6) is -0.106. The van der Waals surface area contributed by atoms with Crippen molar-refractivity contribution in [1.82, 2.24) is 15.5 Å². The first-order valence-corrected chi connectivity index (χ1v) is 7.16. The molecule has 0 fully saturated rings. The van der Waals surface area contributed by atoms with Gasteiger partial charge in [0.05, 0.1) is 0 Å². The number of amides is 3. The lowest BCUT2D eigenvalue weighted by Crippen LogP contribution is -2.49. The molecule has 0 aliphatic rings. The number of rotatable bonds is 8. The molecule has 0 aromatic rings. The van der Waals surface area contributed by atoms with Crippen molar-refractivity contribution in [2.24, 2.45) is 0 Å². The molecule has 0 saturated carbocycles. The van der Waals surface area contributed by atoms with Crippen molar-refractivity contribution in [3.8, 4) is 0 Å². The maximum Gasteiger partial charge on any atom is 0.315 e. The molecule has 0 bridgehead atoms. The van der Waals surface area contributed by atoms with Gasteiger partial charge in [0.25, 0.3) is 0 Å². The van der Waals surface area contributed by atoms with E-state index in [1.54, 1.807) is 21.0 Å². The quantitative estimate of drug-likeness (QED) is 0.664. The Morgan fingerprint density at radius 2 is 1.68 bits per heavy atom. The SMILES string of the molecule is CCCCCC[C@@H](C)NC(=O)N[C@H](C)C(=O)N(C)C. The molecule has 0 rings (SSSR count). The molecule has 0 radical (unpaired) electrons. The zero-order valence-electron chi connectivity index (χ0n) is 13.0. The van der Waals surface area contributed by atoms with Crippen LogP contribution in [0.2, 0.25) is 0 Å². The van der Waals surface area contributed by atoms with Crippen LogP contribution in [0.15, 0.2) is 0 Å². The van der Waals surface area contributed by atoms with E-state index in [1.807, 2.05) is 6.92 Å². The molecule has 0 aromatic heterocycles. The lowest BCUT2D eigenvalue weighted by molar-refractivity contribution is -0.130. The van der Waals surface area contributed by atoms with Crippen LogP contribution >= 0.6 is 0 Å². The van der Waals surface area contributed by atoms with Crippen molar-refractivity contribution in [2.45, 2.75) is 65.0 Å². The molecular formula is C14H29N3O2. The fraction of sp³-hybridized carbons (Fsp3) is 0.857. The average molecular weight is 271 g/mol. The molecule has 0 heterocycles. The summed E-state index contributed by atoms with van der Waals surface area (Å²) < 4.78 is 0. The van der Waals surface area contributed by atoms with Crippen molar-refractivity contribution in [3.05, 3.63) is 0 Å². The van der Waals surface area contributed by atoms with E-state index in [4.69, 9.17) is 0 Å². The number of urea groups is 1. The topological polar surface area (TPSA) is 61.4 Å². The molecule has 5 heteroatoms. The highest BCUT2D eigenvalue weighted by atomic mass is 16.2. The standard InChI is InChI=1S/C14H29N3O2/c1-6-7-8-9-10-11(2)15-14(19)16-12(3)13(18)17(4)5/h11-12H,6-10H2,1-5H3,(H2,15,16,19)/t11-,12-/m1/s1. The van der Waals surface area contributed by atoms with Crippen LogP contribution in [0.25, 0.3) is 0 Å². The van der Waals surface area contributed by atoms with Gasteiger partial charge in [0, 0.05) is 20.1 Å². The van der Waals surface area contributed by atoms with Crippen molar-refractivity contribution in [1.29, 1.82) is 0 Å². The summed E-state index contributed by atoms with van der Waals surface area (Å²) in [5.41, 5.74) is 0. The predicted octanol–water partition coefficient (Wildman–Crippen LogP) is 2.12. The number of unbranched alkanes of at least 4 members (excludes halogenated alkanes) is 3. The zero-order chi connectivity index (χ0) is 14.8. The molecule has 2 N–H and O–H groups in total. The molecule has 0 spiro atoms. The summed E-state index contributed by atoms with van der Waals surface area (Å²) in [5, 5.41) is 5.51. The Kier molecular flexibility index (Phi) is 9.00. The van der Waals surface area contributed by atoms with Gasteiger partial charge in [-0.05, 0) is 20.3 Å². The van der Waals surface area contributed by atoms with Gasteiger partial charge in [-0.1, -0.05) is 32.6 Å². The minimum absolute atomic E-state index is 0.106. The molecule has 0 aliphatic carbocycles. The molecule has 2 atom stereocenters. The van der Waals surface area contributed by atoms with Crippen LogP contribution in [0.4, 0.5) is 4.79 Å². The Bertz CT molecular complexity index is 280. The zero-order valence-corrected chi connectivity index (χ0v) is 13.0. The number of carbonyl (C=O) groups excluding carboxylic acids is 2. The predicted molar refractivity (Wildman–Crippen MR) is 78.0 cm³/mol. The van der Waals surface area contributed by atoms with Crippen LogP contribution in [-0.2, 0) is 4.79 Å². The number of likely N-dealkylation sites (N-methyl/N-ethyl adjacent to an activating group) is 1.